The van der Waals surface area contributed by atoms with E-state index in [2.05, 4.69) is 15.5 Å². The molecule has 1 aromatic carbocycles. The highest BCUT2D eigenvalue weighted by Crippen LogP contribution is 2.17. The van der Waals surface area contributed by atoms with Crippen LogP contribution in [0.4, 0.5) is 11.4 Å². The normalized spacial score (nSPS) is 15.6. The molecule has 1 saturated heterocycles. The van der Waals surface area contributed by atoms with E-state index in [-0.39, 0.29) is 11.8 Å². The van der Waals surface area contributed by atoms with Crippen LogP contribution in [-0.4, -0.2) is 49.6 Å². The zero-order valence-corrected chi connectivity index (χ0v) is 15.6. The van der Waals surface area contributed by atoms with E-state index in [0.29, 0.717) is 23.2 Å². The fourth-order valence-corrected chi connectivity index (χ4v) is 3.56. The second-order valence-electron chi connectivity index (χ2n) is 6.27. The summed E-state index contributed by atoms with van der Waals surface area (Å²) in [7, 11) is 1.74. The van der Waals surface area contributed by atoms with Gasteiger partial charge in [-0.05, 0) is 48.6 Å². The van der Waals surface area contributed by atoms with Crippen molar-refractivity contribution in [3.63, 3.8) is 0 Å². The van der Waals surface area contributed by atoms with E-state index in [1.165, 1.54) is 11.3 Å². The van der Waals surface area contributed by atoms with Crippen molar-refractivity contribution in [1.29, 1.82) is 0 Å². The van der Waals surface area contributed by atoms with Crippen LogP contribution in [0.5, 0.6) is 0 Å². The monoisotopic (exact) mass is 373 g/mol. The Labute approximate surface area is 157 Å². The van der Waals surface area contributed by atoms with Gasteiger partial charge in [-0.25, -0.2) is 0 Å². The molecule has 2 heterocycles. The summed E-state index contributed by atoms with van der Waals surface area (Å²) in [5.74, 6) is -0.160. The number of amides is 2. The second-order valence-corrected chi connectivity index (χ2v) is 7.22. The predicted octanol–water partition coefficient (Wildman–Crippen LogP) is 3.05. The highest BCUT2D eigenvalue weighted by Gasteiger charge is 2.20. The molecule has 0 unspecified atom stereocenters. The molecule has 2 aromatic rings. The third-order valence-electron chi connectivity index (χ3n) is 4.41. The highest BCUT2D eigenvalue weighted by atomic mass is 32.1. The Balaban J connectivity index is 1.46. The molecule has 26 heavy (non-hydrogen) atoms. The van der Waals surface area contributed by atoms with Crippen molar-refractivity contribution in [2.75, 3.05) is 37.4 Å². The number of hydrogen-bond acceptors (Lipinski definition) is 5. The molecule has 1 aromatic heterocycles. The van der Waals surface area contributed by atoms with Crippen LogP contribution in [0.2, 0.25) is 0 Å². The van der Waals surface area contributed by atoms with E-state index >= 15 is 0 Å². The number of carbonyl (C=O) groups is 2. The molecule has 2 amide bonds. The summed E-state index contributed by atoms with van der Waals surface area (Å²) in [6, 6.07) is 10.8. The van der Waals surface area contributed by atoms with Crippen LogP contribution in [-0.2, 0) is 9.53 Å². The number of carbonyl (C=O) groups excluding carboxylic acids is 2. The van der Waals surface area contributed by atoms with Gasteiger partial charge >= 0.3 is 0 Å². The van der Waals surface area contributed by atoms with Crippen molar-refractivity contribution in [3.8, 4) is 0 Å². The van der Waals surface area contributed by atoms with Crippen molar-refractivity contribution < 1.29 is 14.3 Å². The molecule has 1 fully saturated rings. The van der Waals surface area contributed by atoms with Crippen LogP contribution in [0.25, 0.3) is 0 Å². The van der Waals surface area contributed by atoms with E-state index in [1.54, 1.807) is 37.4 Å². The predicted molar refractivity (Wildman–Crippen MR) is 104 cm³/mol. The molecule has 0 spiro atoms. The molecule has 6 nitrogen and oxygen atoms in total. The SMILES string of the molecule is COC1CCN(CC(=O)Nc2ccc(NC(=O)c3cccs3)cc2)CC1. The fourth-order valence-electron chi connectivity index (χ4n) is 2.94. The van der Waals surface area contributed by atoms with Crippen LogP contribution in [0.15, 0.2) is 41.8 Å². The van der Waals surface area contributed by atoms with Gasteiger partial charge in [-0.1, -0.05) is 6.07 Å². The molecule has 0 bridgehead atoms. The van der Waals surface area contributed by atoms with E-state index in [1.807, 2.05) is 11.4 Å². The second kappa shape index (κ2) is 8.93. The molecular weight excluding hydrogens is 350 g/mol. The molecule has 2 N–H and O–H groups in total. The number of likely N-dealkylation sites (tertiary alicyclic amines) is 1. The molecule has 0 aliphatic carbocycles. The lowest BCUT2D eigenvalue weighted by Crippen LogP contribution is -2.41. The lowest BCUT2D eigenvalue weighted by atomic mass is 10.1. The van der Waals surface area contributed by atoms with Gasteiger partial charge in [0, 0.05) is 31.6 Å². The van der Waals surface area contributed by atoms with Gasteiger partial charge in [-0.3, -0.25) is 14.5 Å². The topological polar surface area (TPSA) is 70.7 Å². The van der Waals surface area contributed by atoms with Crippen molar-refractivity contribution in [2.45, 2.75) is 18.9 Å². The molecule has 3 rings (SSSR count). The van der Waals surface area contributed by atoms with Gasteiger partial charge in [0.05, 0.1) is 17.5 Å². The van der Waals surface area contributed by atoms with E-state index in [0.717, 1.165) is 31.6 Å². The average molecular weight is 373 g/mol. The summed E-state index contributed by atoms with van der Waals surface area (Å²) >= 11 is 1.40. The summed E-state index contributed by atoms with van der Waals surface area (Å²) < 4.78 is 5.35. The number of nitrogens with zero attached hydrogens (tertiary/aromatic N) is 1. The zero-order valence-electron chi connectivity index (χ0n) is 14.7. The van der Waals surface area contributed by atoms with Crippen LogP contribution in [0.3, 0.4) is 0 Å². The van der Waals surface area contributed by atoms with Gasteiger partial charge < -0.3 is 15.4 Å². The standard InChI is InChI=1S/C19H23N3O3S/c1-25-16-8-10-22(11-9-16)13-18(23)20-14-4-6-15(7-5-14)21-19(24)17-3-2-12-26-17/h2-7,12,16H,8-11,13H2,1H3,(H,20,23)(H,21,24). The lowest BCUT2D eigenvalue weighted by molar-refractivity contribution is -0.117. The maximum atomic E-state index is 12.2. The maximum Gasteiger partial charge on any atom is 0.265 e. The fraction of sp³-hybridized carbons (Fsp3) is 0.368. The first-order chi connectivity index (χ1) is 12.6. The average Bonchev–Trinajstić information content (AvgIpc) is 3.19. The minimum absolute atomic E-state index is 0.0313. The Morgan fingerprint density at radius 2 is 1.77 bits per heavy atom. The van der Waals surface area contributed by atoms with Crippen LogP contribution in [0, 0.1) is 0 Å². The summed E-state index contributed by atoms with van der Waals surface area (Å²) in [5.41, 5.74) is 1.42. The van der Waals surface area contributed by atoms with Crippen molar-refractivity contribution >= 4 is 34.5 Å². The number of methoxy groups -OCH3 is 1. The number of rotatable bonds is 6. The molecule has 1 aliphatic rings. The van der Waals surface area contributed by atoms with Gasteiger partial charge in [0.25, 0.3) is 5.91 Å². The Hall–Kier alpha value is -2.22. The summed E-state index contributed by atoms with van der Waals surface area (Å²) in [6.45, 7) is 2.13. The molecule has 0 atom stereocenters. The molecular formula is C19H23N3O3S. The van der Waals surface area contributed by atoms with Gasteiger partial charge in [0.1, 0.15) is 0 Å². The van der Waals surface area contributed by atoms with Gasteiger partial charge in [0.2, 0.25) is 5.91 Å². The minimum atomic E-state index is -0.128. The van der Waals surface area contributed by atoms with Gasteiger partial charge in [-0.2, -0.15) is 0 Å². The number of benzene rings is 1. The number of thiophene rings is 1. The minimum Gasteiger partial charge on any atom is -0.381 e. The Bertz CT molecular complexity index is 723. The van der Waals surface area contributed by atoms with E-state index in [4.69, 9.17) is 4.74 Å². The number of anilines is 2. The molecule has 0 radical (unpaired) electrons. The summed E-state index contributed by atoms with van der Waals surface area (Å²) in [5, 5.41) is 7.61. The maximum absolute atomic E-state index is 12.2. The van der Waals surface area contributed by atoms with Crippen LogP contribution < -0.4 is 10.6 Å². The first-order valence-corrected chi connectivity index (χ1v) is 9.52. The Morgan fingerprint density at radius 1 is 1.12 bits per heavy atom. The Kier molecular flexibility index (Phi) is 6.38. The first-order valence-electron chi connectivity index (χ1n) is 8.64. The lowest BCUT2D eigenvalue weighted by Gasteiger charge is -2.30. The number of piperidine rings is 1. The van der Waals surface area contributed by atoms with Gasteiger partial charge in [-0.15, -0.1) is 11.3 Å². The highest BCUT2D eigenvalue weighted by molar-refractivity contribution is 7.12. The van der Waals surface area contributed by atoms with Crippen molar-refractivity contribution in [3.05, 3.63) is 46.7 Å². The first kappa shape index (κ1) is 18.6. The quantitative estimate of drug-likeness (QED) is 0.816. The Morgan fingerprint density at radius 3 is 2.35 bits per heavy atom. The summed E-state index contributed by atoms with van der Waals surface area (Å²) in [6.07, 6.45) is 2.23. The number of nitrogens with one attached hydrogen (secondary N) is 2. The van der Waals surface area contributed by atoms with Crippen molar-refractivity contribution in [1.82, 2.24) is 4.90 Å². The third kappa shape index (κ3) is 5.14. The molecule has 7 heteroatoms. The van der Waals surface area contributed by atoms with E-state index < -0.39 is 0 Å². The number of hydrogen-bond donors (Lipinski definition) is 2. The third-order valence-corrected chi connectivity index (χ3v) is 5.28. The van der Waals surface area contributed by atoms with Crippen molar-refractivity contribution in [2.24, 2.45) is 0 Å². The largest absolute Gasteiger partial charge is 0.381 e. The molecule has 0 saturated carbocycles. The summed E-state index contributed by atoms with van der Waals surface area (Å²) in [4.78, 5) is 27.0. The molecule has 138 valence electrons. The molecule has 1 aliphatic heterocycles. The smallest absolute Gasteiger partial charge is 0.265 e. The number of ether oxygens (including phenoxy) is 1. The van der Waals surface area contributed by atoms with Gasteiger partial charge in [0.15, 0.2) is 0 Å². The van der Waals surface area contributed by atoms with Crippen LogP contribution in [0.1, 0.15) is 22.5 Å². The van der Waals surface area contributed by atoms with Crippen LogP contribution >= 0.6 is 11.3 Å². The zero-order chi connectivity index (χ0) is 18.4. The van der Waals surface area contributed by atoms with E-state index in [9.17, 15) is 9.59 Å².